The summed E-state index contributed by atoms with van der Waals surface area (Å²) in [5.74, 6) is 0.425. The van der Waals surface area contributed by atoms with Crippen molar-refractivity contribution in [3.05, 3.63) is 66.0 Å². The Balaban J connectivity index is 1.62. The maximum absolute atomic E-state index is 13.9. The first-order valence-corrected chi connectivity index (χ1v) is 10.8. The largest absolute Gasteiger partial charge is 0.315 e. The van der Waals surface area contributed by atoms with Gasteiger partial charge < -0.3 is 4.90 Å². The quantitative estimate of drug-likeness (QED) is 0.826. The molecule has 0 radical (unpaired) electrons. The molecule has 0 spiro atoms. The summed E-state index contributed by atoms with van der Waals surface area (Å²) in [5.41, 5.74) is 1.54. The second kappa shape index (κ2) is 6.46. The van der Waals surface area contributed by atoms with E-state index < -0.39 is 9.84 Å². The Hall–Kier alpha value is -1.86. The van der Waals surface area contributed by atoms with Crippen LogP contribution in [0.5, 0.6) is 0 Å². The number of anilines is 1. The lowest BCUT2D eigenvalue weighted by Gasteiger charge is -2.26. The molecule has 4 rings (SSSR count). The van der Waals surface area contributed by atoms with Crippen LogP contribution in [0.15, 0.2) is 59.6 Å². The monoisotopic (exact) mass is 376 g/mol. The van der Waals surface area contributed by atoms with Gasteiger partial charge in [-0.05, 0) is 23.8 Å². The minimum Gasteiger partial charge on any atom is -0.315 e. The van der Waals surface area contributed by atoms with Crippen molar-refractivity contribution in [1.82, 2.24) is 0 Å². The first-order valence-electron chi connectivity index (χ1n) is 8.02. The molecule has 0 saturated carbocycles. The number of thioether (sulfide) groups is 1. The van der Waals surface area contributed by atoms with E-state index in [1.807, 2.05) is 41.3 Å². The number of aliphatic imine (C=N–C) groups is 1. The Morgan fingerprint density at radius 2 is 1.80 bits per heavy atom. The van der Waals surface area contributed by atoms with Gasteiger partial charge in [0.05, 0.1) is 23.6 Å². The van der Waals surface area contributed by atoms with Crippen LogP contribution in [0.4, 0.5) is 10.1 Å². The van der Waals surface area contributed by atoms with Crippen molar-refractivity contribution in [2.45, 2.75) is 17.8 Å². The van der Waals surface area contributed by atoms with Crippen molar-refractivity contribution in [3.63, 3.8) is 0 Å². The van der Waals surface area contributed by atoms with Crippen molar-refractivity contribution in [2.24, 2.45) is 4.99 Å². The van der Waals surface area contributed by atoms with E-state index >= 15 is 0 Å². The van der Waals surface area contributed by atoms with Crippen molar-refractivity contribution < 1.29 is 12.8 Å². The van der Waals surface area contributed by atoms with E-state index in [0.717, 1.165) is 10.9 Å². The van der Waals surface area contributed by atoms with Gasteiger partial charge in [0, 0.05) is 11.4 Å². The molecule has 0 aliphatic carbocycles. The molecule has 2 aliphatic rings. The molecule has 130 valence electrons. The molecule has 1 fully saturated rings. The molecule has 0 aromatic heterocycles. The fourth-order valence-electron chi connectivity index (χ4n) is 3.28. The van der Waals surface area contributed by atoms with Gasteiger partial charge in [-0.1, -0.05) is 48.2 Å². The highest BCUT2D eigenvalue weighted by molar-refractivity contribution is 8.13. The lowest BCUT2D eigenvalue weighted by molar-refractivity contribution is 0.601. The third kappa shape index (κ3) is 3.30. The number of benzene rings is 2. The standard InChI is InChI=1S/C18H17FN2O2S2/c19-15-9-5-4-6-13(15)10-24-18-20-16-11-25(22,23)12-17(16)21(18)14-7-2-1-3-8-14/h1-9,16-17H,10-12H2/t16-,17-/m0/s1. The van der Waals surface area contributed by atoms with E-state index in [1.165, 1.54) is 17.8 Å². The van der Waals surface area contributed by atoms with Gasteiger partial charge >= 0.3 is 0 Å². The van der Waals surface area contributed by atoms with E-state index in [0.29, 0.717) is 11.3 Å². The SMILES string of the molecule is O=S1(=O)C[C@@H]2N=C(SCc3ccccc3F)N(c3ccccc3)[C@H]2C1. The number of para-hydroxylation sites is 1. The molecule has 0 amide bonds. The average molecular weight is 376 g/mol. The maximum Gasteiger partial charge on any atom is 0.164 e. The second-order valence-corrected chi connectivity index (χ2v) is 9.31. The summed E-state index contributed by atoms with van der Waals surface area (Å²) in [4.78, 5) is 6.65. The fourth-order valence-corrected chi connectivity index (χ4v) is 6.23. The van der Waals surface area contributed by atoms with Gasteiger partial charge in [0.1, 0.15) is 5.82 Å². The Kier molecular flexibility index (Phi) is 4.29. The van der Waals surface area contributed by atoms with E-state index in [1.54, 1.807) is 12.1 Å². The molecule has 2 aromatic rings. The molecule has 4 nitrogen and oxygen atoms in total. The molecule has 2 atom stereocenters. The minimum atomic E-state index is -3.06. The van der Waals surface area contributed by atoms with E-state index in [9.17, 15) is 12.8 Å². The molecular formula is C18H17FN2O2S2. The third-order valence-electron chi connectivity index (χ3n) is 4.46. The van der Waals surface area contributed by atoms with Crippen molar-refractivity contribution in [1.29, 1.82) is 0 Å². The van der Waals surface area contributed by atoms with Crippen LogP contribution in [0.25, 0.3) is 0 Å². The Morgan fingerprint density at radius 1 is 1.08 bits per heavy atom. The zero-order valence-corrected chi connectivity index (χ0v) is 15.0. The molecule has 7 heteroatoms. The predicted octanol–water partition coefficient (Wildman–Crippen LogP) is 3.10. The Morgan fingerprint density at radius 3 is 2.56 bits per heavy atom. The fraction of sp³-hybridized carbons (Fsp3) is 0.278. The molecule has 0 bridgehead atoms. The smallest absolute Gasteiger partial charge is 0.164 e. The normalized spacial score (nSPS) is 24.2. The van der Waals surface area contributed by atoms with Gasteiger partial charge in [0.2, 0.25) is 0 Å². The lowest BCUT2D eigenvalue weighted by Crippen LogP contribution is -2.39. The van der Waals surface area contributed by atoms with Crippen LogP contribution in [0.3, 0.4) is 0 Å². The number of halogens is 1. The Bertz CT molecular complexity index is 916. The van der Waals surface area contributed by atoms with E-state index in [2.05, 4.69) is 4.99 Å². The molecule has 0 unspecified atom stereocenters. The van der Waals surface area contributed by atoms with Crippen LogP contribution in [-0.4, -0.2) is 37.2 Å². The number of amidine groups is 1. The number of fused-ring (bicyclic) bond motifs is 1. The first-order chi connectivity index (χ1) is 12.0. The number of sulfone groups is 1. The third-order valence-corrected chi connectivity index (χ3v) is 7.17. The van der Waals surface area contributed by atoms with Gasteiger partial charge in [-0.3, -0.25) is 4.99 Å². The molecule has 2 aromatic carbocycles. The van der Waals surface area contributed by atoms with Crippen molar-refractivity contribution in [3.8, 4) is 0 Å². The highest BCUT2D eigenvalue weighted by atomic mass is 32.2. The molecule has 0 N–H and O–H groups in total. The van der Waals surface area contributed by atoms with Crippen molar-refractivity contribution in [2.75, 3.05) is 16.4 Å². The van der Waals surface area contributed by atoms with E-state index in [4.69, 9.17) is 0 Å². The molecule has 1 saturated heterocycles. The van der Waals surface area contributed by atoms with Gasteiger partial charge in [-0.15, -0.1) is 0 Å². The summed E-state index contributed by atoms with van der Waals surface area (Å²) in [7, 11) is -3.06. The second-order valence-electron chi connectivity index (χ2n) is 6.21. The average Bonchev–Trinajstić information content (AvgIpc) is 3.06. The summed E-state index contributed by atoms with van der Waals surface area (Å²) < 4.78 is 37.9. The van der Waals surface area contributed by atoms with Crippen LogP contribution in [0.2, 0.25) is 0 Å². The van der Waals surface area contributed by atoms with Crippen LogP contribution >= 0.6 is 11.8 Å². The highest BCUT2D eigenvalue weighted by Crippen LogP contribution is 2.35. The van der Waals surface area contributed by atoms with Gasteiger partial charge in [0.15, 0.2) is 15.0 Å². The Labute approximate surface area is 150 Å². The van der Waals surface area contributed by atoms with Gasteiger partial charge in [-0.2, -0.15) is 0 Å². The summed E-state index contributed by atoms with van der Waals surface area (Å²) in [6, 6.07) is 15.9. The van der Waals surface area contributed by atoms with Crippen LogP contribution in [0.1, 0.15) is 5.56 Å². The summed E-state index contributed by atoms with van der Waals surface area (Å²) in [6.45, 7) is 0. The molecule has 2 aliphatic heterocycles. The zero-order chi connectivity index (χ0) is 17.4. The summed E-state index contributed by atoms with van der Waals surface area (Å²) in [5, 5.41) is 0.763. The summed E-state index contributed by atoms with van der Waals surface area (Å²) >= 11 is 1.45. The van der Waals surface area contributed by atoms with Crippen LogP contribution in [0, 0.1) is 5.82 Å². The molecule has 2 heterocycles. The highest BCUT2D eigenvalue weighted by Gasteiger charge is 2.47. The first kappa shape index (κ1) is 16.6. The number of hydrogen-bond acceptors (Lipinski definition) is 5. The zero-order valence-electron chi connectivity index (χ0n) is 13.4. The number of rotatable bonds is 3. The van der Waals surface area contributed by atoms with Gasteiger partial charge in [0.25, 0.3) is 0 Å². The van der Waals surface area contributed by atoms with Crippen LogP contribution in [-0.2, 0) is 15.6 Å². The summed E-state index contributed by atoms with van der Waals surface area (Å²) in [6.07, 6.45) is 0. The van der Waals surface area contributed by atoms with Crippen molar-refractivity contribution >= 4 is 32.5 Å². The molecular weight excluding hydrogens is 359 g/mol. The minimum absolute atomic E-state index is 0.0881. The maximum atomic E-state index is 13.9. The lowest BCUT2D eigenvalue weighted by atomic mass is 10.1. The van der Waals surface area contributed by atoms with E-state index in [-0.39, 0.29) is 29.4 Å². The number of nitrogens with zero attached hydrogens (tertiary/aromatic N) is 2. The number of hydrogen-bond donors (Lipinski definition) is 0. The van der Waals surface area contributed by atoms with Gasteiger partial charge in [-0.25, -0.2) is 12.8 Å². The topological polar surface area (TPSA) is 49.7 Å². The molecule has 25 heavy (non-hydrogen) atoms. The predicted molar refractivity (Wildman–Crippen MR) is 100 cm³/mol. The van der Waals surface area contributed by atoms with Crippen LogP contribution < -0.4 is 4.90 Å².